The lowest BCUT2D eigenvalue weighted by molar-refractivity contribution is 0.405. The quantitative estimate of drug-likeness (QED) is 0.684. The molecule has 0 atom stereocenters. The summed E-state index contributed by atoms with van der Waals surface area (Å²) in [5.74, 6) is 0. The molecule has 0 bridgehead atoms. The molecule has 0 spiro atoms. The van der Waals surface area contributed by atoms with Crippen molar-refractivity contribution >= 4 is 16.5 Å². The second-order valence-corrected chi connectivity index (χ2v) is 4.62. The highest BCUT2D eigenvalue weighted by Gasteiger charge is 2.00. The predicted octanol–water partition coefficient (Wildman–Crippen LogP) is 1.01. The standard InChI is InChI=1S/C10H20N4S/c1-14(2)7-3-6-12-10-13-9(4-5-11)8-15-10/h8H,3-7,11H2,1-2H3,(H,12,13). The van der Waals surface area contributed by atoms with Crippen molar-refractivity contribution < 1.29 is 0 Å². The summed E-state index contributed by atoms with van der Waals surface area (Å²) in [5, 5.41) is 6.40. The van der Waals surface area contributed by atoms with E-state index in [4.69, 9.17) is 5.73 Å². The van der Waals surface area contributed by atoms with Gasteiger partial charge >= 0.3 is 0 Å². The molecule has 0 unspecified atom stereocenters. The lowest BCUT2D eigenvalue weighted by Crippen LogP contribution is -2.16. The van der Waals surface area contributed by atoms with Gasteiger partial charge in [-0.25, -0.2) is 4.98 Å². The second-order valence-electron chi connectivity index (χ2n) is 3.77. The largest absolute Gasteiger partial charge is 0.361 e. The first-order valence-corrected chi connectivity index (χ1v) is 6.13. The van der Waals surface area contributed by atoms with E-state index in [0.29, 0.717) is 6.54 Å². The highest BCUT2D eigenvalue weighted by molar-refractivity contribution is 7.13. The molecule has 0 aliphatic rings. The van der Waals surface area contributed by atoms with Gasteiger partial charge in [0.15, 0.2) is 5.13 Å². The van der Waals surface area contributed by atoms with Gasteiger partial charge in [0.1, 0.15) is 0 Å². The molecule has 1 aromatic rings. The van der Waals surface area contributed by atoms with E-state index in [0.717, 1.165) is 36.8 Å². The molecule has 0 radical (unpaired) electrons. The number of anilines is 1. The van der Waals surface area contributed by atoms with Crippen LogP contribution in [0, 0.1) is 0 Å². The van der Waals surface area contributed by atoms with Crippen molar-refractivity contribution in [3.8, 4) is 0 Å². The first kappa shape index (κ1) is 12.4. The number of aromatic nitrogens is 1. The summed E-state index contributed by atoms with van der Waals surface area (Å²) in [6, 6.07) is 0. The van der Waals surface area contributed by atoms with Crippen LogP contribution in [-0.4, -0.2) is 43.6 Å². The molecule has 0 aliphatic carbocycles. The van der Waals surface area contributed by atoms with Gasteiger partial charge in [0.25, 0.3) is 0 Å². The molecule has 4 nitrogen and oxygen atoms in total. The minimum atomic E-state index is 0.670. The lowest BCUT2D eigenvalue weighted by atomic mass is 10.3. The normalized spacial score (nSPS) is 10.9. The van der Waals surface area contributed by atoms with Crippen molar-refractivity contribution in [2.75, 3.05) is 39.0 Å². The average Bonchev–Trinajstić information content (AvgIpc) is 2.61. The molecule has 5 heteroatoms. The summed E-state index contributed by atoms with van der Waals surface area (Å²) in [4.78, 5) is 6.61. The Morgan fingerprint density at radius 2 is 2.33 bits per heavy atom. The molecular formula is C10H20N4S. The third kappa shape index (κ3) is 5.11. The van der Waals surface area contributed by atoms with Crippen LogP contribution in [0.2, 0.25) is 0 Å². The summed E-state index contributed by atoms with van der Waals surface area (Å²) in [6.45, 7) is 2.76. The van der Waals surface area contributed by atoms with Crippen LogP contribution in [0.25, 0.3) is 0 Å². The molecule has 1 rings (SSSR count). The van der Waals surface area contributed by atoms with E-state index in [9.17, 15) is 0 Å². The van der Waals surface area contributed by atoms with Crippen molar-refractivity contribution in [2.45, 2.75) is 12.8 Å². The van der Waals surface area contributed by atoms with E-state index in [1.54, 1.807) is 11.3 Å². The molecule has 0 saturated heterocycles. The Morgan fingerprint density at radius 1 is 1.53 bits per heavy atom. The first-order chi connectivity index (χ1) is 7.22. The van der Waals surface area contributed by atoms with Crippen molar-refractivity contribution in [2.24, 2.45) is 5.73 Å². The molecule has 15 heavy (non-hydrogen) atoms. The van der Waals surface area contributed by atoms with Crippen LogP contribution in [0.15, 0.2) is 5.38 Å². The van der Waals surface area contributed by atoms with Crippen molar-refractivity contribution in [1.82, 2.24) is 9.88 Å². The summed E-state index contributed by atoms with van der Waals surface area (Å²) < 4.78 is 0. The second kappa shape index (κ2) is 6.76. The molecule has 86 valence electrons. The molecule has 0 amide bonds. The fourth-order valence-electron chi connectivity index (χ4n) is 1.24. The third-order valence-electron chi connectivity index (χ3n) is 2.01. The molecule has 0 saturated carbocycles. The number of hydrogen-bond acceptors (Lipinski definition) is 5. The Hall–Kier alpha value is -0.650. The van der Waals surface area contributed by atoms with Crippen LogP contribution in [-0.2, 0) is 6.42 Å². The number of thiazole rings is 1. The summed E-state index contributed by atoms with van der Waals surface area (Å²) in [6.07, 6.45) is 2.01. The number of hydrogen-bond donors (Lipinski definition) is 2. The number of nitrogens with one attached hydrogen (secondary N) is 1. The number of nitrogens with zero attached hydrogens (tertiary/aromatic N) is 2. The van der Waals surface area contributed by atoms with Crippen LogP contribution >= 0.6 is 11.3 Å². The Kier molecular flexibility index (Phi) is 5.60. The van der Waals surface area contributed by atoms with E-state index in [1.807, 2.05) is 0 Å². The summed E-state index contributed by atoms with van der Waals surface area (Å²) in [7, 11) is 4.17. The molecular weight excluding hydrogens is 208 g/mol. The van der Waals surface area contributed by atoms with Crippen LogP contribution in [0.1, 0.15) is 12.1 Å². The van der Waals surface area contributed by atoms with Gasteiger partial charge in [0, 0.05) is 18.3 Å². The zero-order valence-electron chi connectivity index (χ0n) is 9.49. The fraction of sp³-hybridized carbons (Fsp3) is 0.700. The topological polar surface area (TPSA) is 54.2 Å². The molecule has 0 aliphatic heterocycles. The Morgan fingerprint density at radius 3 is 3.00 bits per heavy atom. The van der Waals surface area contributed by atoms with Gasteiger partial charge in [-0.1, -0.05) is 0 Å². The molecule has 1 heterocycles. The molecule has 0 fully saturated rings. The fourth-order valence-corrected chi connectivity index (χ4v) is 2.02. The van der Waals surface area contributed by atoms with Gasteiger partial charge in [-0.3, -0.25) is 0 Å². The molecule has 0 aromatic carbocycles. The minimum Gasteiger partial charge on any atom is -0.361 e. The highest BCUT2D eigenvalue weighted by atomic mass is 32.1. The van der Waals surface area contributed by atoms with Gasteiger partial charge in [-0.2, -0.15) is 0 Å². The van der Waals surface area contributed by atoms with Crippen molar-refractivity contribution in [3.63, 3.8) is 0 Å². The maximum Gasteiger partial charge on any atom is 0.182 e. The Balaban J connectivity index is 2.19. The van der Waals surface area contributed by atoms with Crippen molar-refractivity contribution in [1.29, 1.82) is 0 Å². The van der Waals surface area contributed by atoms with E-state index in [1.165, 1.54) is 0 Å². The van der Waals surface area contributed by atoms with E-state index in [-0.39, 0.29) is 0 Å². The van der Waals surface area contributed by atoms with E-state index in [2.05, 4.69) is 34.7 Å². The van der Waals surface area contributed by atoms with Crippen LogP contribution in [0.3, 0.4) is 0 Å². The Bertz CT molecular complexity index is 272. The smallest absolute Gasteiger partial charge is 0.182 e. The Labute approximate surface area is 95.5 Å². The monoisotopic (exact) mass is 228 g/mol. The lowest BCUT2D eigenvalue weighted by Gasteiger charge is -2.08. The number of rotatable bonds is 7. The zero-order valence-corrected chi connectivity index (χ0v) is 10.3. The van der Waals surface area contributed by atoms with Gasteiger partial charge in [0.05, 0.1) is 5.69 Å². The van der Waals surface area contributed by atoms with E-state index >= 15 is 0 Å². The highest BCUT2D eigenvalue weighted by Crippen LogP contribution is 2.15. The van der Waals surface area contributed by atoms with Crippen LogP contribution < -0.4 is 11.1 Å². The van der Waals surface area contributed by atoms with Gasteiger partial charge in [-0.05, 0) is 33.6 Å². The predicted molar refractivity (Wildman–Crippen MR) is 66.5 cm³/mol. The van der Waals surface area contributed by atoms with Gasteiger partial charge in [-0.15, -0.1) is 11.3 Å². The minimum absolute atomic E-state index is 0.670. The van der Waals surface area contributed by atoms with Crippen LogP contribution in [0.4, 0.5) is 5.13 Å². The first-order valence-electron chi connectivity index (χ1n) is 5.25. The van der Waals surface area contributed by atoms with Gasteiger partial charge in [0.2, 0.25) is 0 Å². The maximum atomic E-state index is 5.46. The average molecular weight is 228 g/mol. The SMILES string of the molecule is CN(C)CCCNc1nc(CCN)cs1. The summed E-state index contributed by atoms with van der Waals surface area (Å²) >= 11 is 1.66. The molecule has 3 N–H and O–H groups in total. The van der Waals surface area contributed by atoms with Gasteiger partial charge < -0.3 is 16.0 Å². The number of nitrogens with two attached hydrogens (primary N) is 1. The van der Waals surface area contributed by atoms with E-state index < -0.39 is 0 Å². The zero-order chi connectivity index (χ0) is 11.1. The summed E-state index contributed by atoms with van der Waals surface area (Å²) in [5.41, 5.74) is 6.56. The van der Waals surface area contributed by atoms with Crippen molar-refractivity contribution in [3.05, 3.63) is 11.1 Å². The third-order valence-corrected chi connectivity index (χ3v) is 2.86. The molecule has 1 aromatic heterocycles. The van der Waals surface area contributed by atoms with Crippen LogP contribution in [0.5, 0.6) is 0 Å². The maximum absolute atomic E-state index is 5.46.